The average molecular weight is 370 g/mol. The van der Waals surface area contributed by atoms with Crippen LogP contribution in [-0.2, 0) is 4.79 Å². The van der Waals surface area contributed by atoms with Crippen molar-refractivity contribution in [2.24, 2.45) is 0 Å². The first-order valence-corrected chi connectivity index (χ1v) is 9.93. The Morgan fingerprint density at radius 3 is 2.37 bits per heavy atom. The molecule has 2 atom stereocenters. The topological polar surface area (TPSA) is 48.7 Å². The molecular weight excluding hydrogens is 338 g/mol. The maximum atomic E-state index is 13.0. The summed E-state index contributed by atoms with van der Waals surface area (Å²) in [6, 6.07) is 13.7. The molecule has 5 nitrogen and oxygen atoms in total. The van der Waals surface area contributed by atoms with Crippen molar-refractivity contribution in [3.8, 4) is 0 Å². The second-order valence-corrected chi connectivity index (χ2v) is 7.50. The summed E-state index contributed by atoms with van der Waals surface area (Å²) in [6.45, 7) is 2.66. The summed E-state index contributed by atoms with van der Waals surface area (Å²) in [5.74, 6) is 0.955. The number of hydrogen-bond donors (Lipinski definition) is 1. The predicted molar refractivity (Wildman–Crippen MR) is 107 cm³/mol. The Labute approximate surface area is 162 Å². The minimum absolute atomic E-state index is 0.0255. The van der Waals surface area contributed by atoms with E-state index in [1.165, 1.54) is 25.7 Å². The molecule has 1 aromatic heterocycles. The Bertz CT molecular complexity index is 677. The normalized spacial score (nSPS) is 18.0. The lowest BCUT2D eigenvalue weighted by atomic mass is 10.0. The highest BCUT2D eigenvalue weighted by atomic mass is 16.3. The molecule has 27 heavy (non-hydrogen) atoms. The number of furan rings is 1. The van der Waals surface area contributed by atoms with Gasteiger partial charge >= 0.3 is 0 Å². The molecule has 2 aromatic rings. The molecule has 2 heterocycles. The fourth-order valence-electron chi connectivity index (χ4n) is 3.91. The molecule has 1 N–H and O–H groups in total. The molecule has 1 saturated heterocycles. The van der Waals surface area contributed by atoms with Gasteiger partial charge in [-0.25, -0.2) is 0 Å². The van der Waals surface area contributed by atoms with Crippen molar-refractivity contribution < 1.29 is 9.21 Å². The van der Waals surface area contributed by atoms with Gasteiger partial charge in [0.1, 0.15) is 11.8 Å². The van der Waals surface area contributed by atoms with Crippen molar-refractivity contribution in [1.29, 1.82) is 0 Å². The molecule has 1 aliphatic heterocycles. The summed E-state index contributed by atoms with van der Waals surface area (Å²) in [6.07, 6.45) is 6.69. The smallest absolute Gasteiger partial charge is 0.242 e. The third kappa shape index (κ3) is 5.21. The van der Waals surface area contributed by atoms with Gasteiger partial charge < -0.3 is 9.73 Å². The van der Waals surface area contributed by atoms with Crippen LogP contribution in [0.15, 0.2) is 53.1 Å². The van der Waals surface area contributed by atoms with Crippen LogP contribution in [0.1, 0.15) is 49.1 Å². The van der Waals surface area contributed by atoms with Crippen LogP contribution in [0.5, 0.6) is 0 Å². The van der Waals surface area contributed by atoms with Crippen LogP contribution < -0.4 is 5.32 Å². The maximum Gasteiger partial charge on any atom is 0.242 e. The highest BCUT2D eigenvalue weighted by molar-refractivity contribution is 5.83. The van der Waals surface area contributed by atoms with Crippen LogP contribution >= 0.6 is 0 Å². The van der Waals surface area contributed by atoms with Crippen molar-refractivity contribution in [3.63, 3.8) is 0 Å². The second kappa shape index (κ2) is 9.72. The minimum atomic E-state index is -0.299. The van der Waals surface area contributed by atoms with Gasteiger partial charge in [-0.15, -0.1) is 0 Å². The van der Waals surface area contributed by atoms with Crippen molar-refractivity contribution in [1.82, 2.24) is 15.1 Å². The monoisotopic (exact) mass is 369 g/mol. The van der Waals surface area contributed by atoms with Crippen LogP contribution in [0.4, 0.5) is 0 Å². The average Bonchev–Trinajstić information content (AvgIpc) is 3.05. The lowest BCUT2D eigenvalue weighted by Crippen LogP contribution is -2.42. The van der Waals surface area contributed by atoms with E-state index in [1.54, 1.807) is 6.26 Å². The van der Waals surface area contributed by atoms with Crippen LogP contribution in [0, 0.1) is 0 Å². The molecule has 5 heteroatoms. The van der Waals surface area contributed by atoms with Gasteiger partial charge in [-0.1, -0.05) is 43.2 Å². The number of hydrogen-bond acceptors (Lipinski definition) is 4. The molecule has 0 aliphatic carbocycles. The van der Waals surface area contributed by atoms with E-state index in [2.05, 4.69) is 10.2 Å². The summed E-state index contributed by atoms with van der Waals surface area (Å²) in [4.78, 5) is 17.4. The van der Waals surface area contributed by atoms with E-state index in [-0.39, 0.29) is 18.0 Å². The third-order valence-electron chi connectivity index (χ3n) is 5.30. The quantitative estimate of drug-likeness (QED) is 0.810. The first-order valence-electron chi connectivity index (χ1n) is 9.93. The number of nitrogens with one attached hydrogen (secondary N) is 1. The van der Waals surface area contributed by atoms with Gasteiger partial charge in [0.15, 0.2) is 0 Å². The van der Waals surface area contributed by atoms with Gasteiger partial charge in [0.2, 0.25) is 5.91 Å². The van der Waals surface area contributed by atoms with Crippen molar-refractivity contribution in [2.75, 3.05) is 33.7 Å². The van der Waals surface area contributed by atoms with Crippen molar-refractivity contribution >= 4 is 5.91 Å². The fraction of sp³-hybridized carbons (Fsp3) is 0.500. The fourth-order valence-corrected chi connectivity index (χ4v) is 3.91. The van der Waals surface area contributed by atoms with Gasteiger partial charge in [0.25, 0.3) is 0 Å². The number of carbonyl (C=O) groups excluding carboxylic acids is 1. The summed E-state index contributed by atoms with van der Waals surface area (Å²) in [7, 11) is 3.88. The summed E-state index contributed by atoms with van der Waals surface area (Å²) in [5, 5.41) is 3.19. The van der Waals surface area contributed by atoms with Crippen LogP contribution in [0.2, 0.25) is 0 Å². The Hall–Kier alpha value is -2.11. The Kier molecular flexibility index (Phi) is 7.07. The summed E-state index contributed by atoms with van der Waals surface area (Å²) < 4.78 is 5.71. The molecule has 1 amide bonds. The van der Waals surface area contributed by atoms with Crippen LogP contribution in [0.3, 0.4) is 0 Å². The number of likely N-dealkylation sites (N-methyl/N-ethyl adjacent to an activating group) is 1. The van der Waals surface area contributed by atoms with Crippen molar-refractivity contribution in [3.05, 3.63) is 60.1 Å². The first kappa shape index (κ1) is 19.6. The zero-order chi connectivity index (χ0) is 19.1. The Morgan fingerprint density at radius 1 is 1.07 bits per heavy atom. The molecule has 146 valence electrons. The van der Waals surface area contributed by atoms with Crippen LogP contribution in [0.25, 0.3) is 0 Å². The van der Waals surface area contributed by atoms with Gasteiger partial charge in [-0.2, -0.15) is 0 Å². The van der Waals surface area contributed by atoms with Gasteiger partial charge in [-0.05, 0) is 57.7 Å². The van der Waals surface area contributed by atoms with E-state index in [1.807, 2.05) is 61.5 Å². The second-order valence-electron chi connectivity index (χ2n) is 7.50. The summed E-state index contributed by atoms with van der Waals surface area (Å²) >= 11 is 0. The molecule has 0 bridgehead atoms. The van der Waals surface area contributed by atoms with Gasteiger partial charge in [-0.3, -0.25) is 14.6 Å². The first-order chi connectivity index (χ1) is 13.2. The van der Waals surface area contributed by atoms with E-state index < -0.39 is 0 Å². The van der Waals surface area contributed by atoms with E-state index in [0.717, 1.165) is 24.4 Å². The lowest BCUT2D eigenvalue weighted by molar-refractivity contribution is -0.126. The number of rotatable bonds is 7. The number of benzene rings is 1. The highest BCUT2D eigenvalue weighted by Gasteiger charge is 2.27. The Morgan fingerprint density at radius 2 is 1.78 bits per heavy atom. The molecule has 1 aliphatic rings. The van der Waals surface area contributed by atoms with Gasteiger partial charge in [0.05, 0.1) is 12.3 Å². The minimum Gasteiger partial charge on any atom is -0.468 e. The Balaban J connectivity index is 1.71. The number of carbonyl (C=O) groups is 1. The van der Waals surface area contributed by atoms with Crippen LogP contribution in [-0.4, -0.2) is 49.4 Å². The molecule has 1 fully saturated rings. The number of amides is 1. The molecule has 1 aromatic carbocycles. The molecule has 0 radical (unpaired) electrons. The molecule has 3 rings (SSSR count). The van der Waals surface area contributed by atoms with Crippen molar-refractivity contribution in [2.45, 2.75) is 37.8 Å². The number of nitrogens with zero attached hydrogens (tertiary/aromatic N) is 2. The predicted octanol–water partition coefficient (Wildman–Crippen LogP) is 3.62. The molecular formula is C22H31N3O2. The third-order valence-corrected chi connectivity index (χ3v) is 5.30. The number of likely N-dealkylation sites (tertiary alicyclic amines) is 1. The molecule has 0 saturated carbocycles. The highest BCUT2D eigenvalue weighted by Crippen LogP contribution is 2.25. The zero-order valence-corrected chi connectivity index (χ0v) is 16.4. The zero-order valence-electron chi connectivity index (χ0n) is 16.4. The summed E-state index contributed by atoms with van der Waals surface area (Å²) in [5.41, 5.74) is 1.00. The van der Waals surface area contributed by atoms with E-state index in [0.29, 0.717) is 6.54 Å². The maximum absolute atomic E-state index is 13.0. The lowest BCUT2D eigenvalue weighted by Gasteiger charge is -2.30. The standard InChI is InChI=1S/C22H31N3O2/c1-24(2)21(18-11-6-5-7-12-18)22(26)23-17-19(20-13-10-16-27-20)25-14-8-3-4-9-15-25/h5-7,10-13,16,19,21H,3-4,8-9,14-15,17H2,1-2H3,(H,23,26). The molecule has 0 spiro atoms. The SMILES string of the molecule is CN(C)C(C(=O)NCC(c1ccco1)N1CCCCCC1)c1ccccc1. The van der Waals surface area contributed by atoms with E-state index in [4.69, 9.17) is 4.42 Å². The van der Waals surface area contributed by atoms with E-state index >= 15 is 0 Å². The van der Waals surface area contributed by atoms with E-state index in [9.17, 15) is 4.79 Å². The largest absolute Gasteiger partial charge is 0.468 e. The van der Waals surface area contributed by atoms with Gasteiger partial charge in [0, 0.05) is 6.54 Å². The molecule has 2 unspecified atom stereocenters.